The summed E-state index contributed by atoms with van der Waals surface area (Å²) in [7, 11) is 1.63. The molecule has 164 valence electrons. The third kappa shape index (κ3) is 6.62. The Kier molecular flexibility index (Phi) is 9.95. The molecule has 1 saturated heterocycles. The quantitative estimate of drug-likeness (QED) is 0.587. The van der Waals surface area contributed by atoms with Crippen molar-refractivity contribution >= 4 is 24.2 Å². The molecule has 0 aromatic heterocycles. The monoisotopic (exact) mass is 433 g/mol. The van der Waals surface area contributed by atoms with E-state index in [0.717, 1.165) is 38.1 Å². The van der Waals surface area contributed by atoms with Crippen LogP contribution in [-0.2, 0) is 9.53 Å². The Morgan fingerprint density at radius 3 is 2.31 bits per heavy atom. The Bertz CT molecular complexity index is 672. The molecule has 2 rings (SSSR count). The summed E-state index contributed by atoms with van der Waals surface area (Å²) in [6, 6.07) is 2.29. The number of benzene rings is 1. The second-order valence-electron chi connectivity index (χ2n) is 7.69. The lowest BCUT2D eigenvalue weighted by atomic mass is 9.79. The third-order valence-electron chi connectivity index (χ3n) is 5.18. The van der Waals surface area contributed by atoms with Crippen molar-refractivity contribution in [2.75, 3.05) is 33.4 Å². The molecule has 0 spiro atoms. The van der Waals surface area contributed by atoms with E-state index in [9.17, 15) is 18.4 Å². The second kappa shape index (κ2) is 11.4. The van der Waals surface area contributed by atoms with Gasteiger partial charge < -0.3 is 20.7 Å². The Morgan fingerprint density at radius 1 is 1.21 bits per heavy atom. The highest BCUT2D eigenvalue weighted by Gasteiger charge is 2.34. The van der Waals surface area contributed by atoms with E-state index in [-0.39, 0.29) is 29.6 Å². The van der Waals surface area contributed by atoms with Crippen molar-refractivity contribution in [1.29, 1.82) is 0 Å². The Morgan fingerprint density at radius 2 is 1.79 bits per heavy atom. The maximum atomic E-state index is 13.9. The van der Waals surface area contributed by atoms with Crippen LogP contribution in [0.1, 0.15) is 37.0 Å². The van der Waals surface area contributed by atoms with Gasteiger partial charge in [0.2, 0.25) is 5.91 Å². The largest absolute Gasteiger partial charge is 0.384 e. The number of hydrogen-bond acceptors (Lipinski definition) is 4. The van der Waals surface area contributed by atoms with E-state index in [4.69, 9.17) is 4.74 Å². The summed E-state index contributed by atoms with van der Waals surface area (Å²) in [6.45, 7) is 6.14. The van der Waals surface area contributed by atoms with Gasteiger partial charge in [-0.05, 0) is 44.0 Å². The lowest BCUT2D eigenvalue weighted by Crippen LogP contribution is -2.54. The molecule has 9 heteroatoms. The average Bonchev–Trinajstić information content (AvgIpc) is 2.65. The van der Waals surface area contributed by atoms with Gasteiger partial charge in [-0.15, -0.1) is 12.4 Å². The van der Waals surface area contributed by atoms with Gasteiger partial charge in [-0.2, -0.15) is 0 Å². The zero-order valence-corrected chi connectivity index (χ0v) is 17.8. The predicted octanol–water partition coefficient (Wildman–Crippen LogP) is 2.27. The highest BCUT2D eigenvalue weighted by molar-refractivity contribution is 5.98. The molecule has 1 heterocycles. The first-order chi connectivity index (χ1) is 13.3. The number of piperidine rings is 1. The number of carbonyl (C=O) groups excluding carboxylic acids is 2. The minimum Gasteiger partial charge on any atom is -0.384 e. The molecular weight excluding hydrogens is 404 g/mol. The SMILES string of the molecule is COCC1(CNC(=O)[C@@H](NC(=O)c2c(F)cccc2F)C(C)C)CCNCC1.Cl. The van der Waals surface area contributed by atoms with Gasteiger partial charge in [-0.25, -0.2) is 8.78 Å². The van der Waals surface area contributed by atoms with E-state index >= 15 is 0 Å². The minimum absolute atomic E-state index is 0. The summed E-state index contributed by atoms with van der Waals surface area (Å²) in [5.74, 6) is -3.51. The van der Waals surface area contributed by atoms with Crippen molar-refractivity contribution in [2.24, 2.45) is 11.3 Å². The average molecular weight is 434 g/mol. The summed E-state index contributed by atoms with van der Waals surface area (Å²) in [4.78, 5) is 25.1. The molecule has 0 bridgehead atoms. The van der Waals surface area contributed by atoms with Crippen molar-refractivity contribution in [3.63, 3.8) is 0 Å². The fraction of sp³-hybridized carbons (Fsp3) is 0.600. The maximum Gasteiger partial charge on any atom is 0.257 e. The van der Waals surface area contributed by atoms with Crippen LogP contribution in [0.5, 0.6) is 0 Å². The zero-order valence-electron chi connectivity index (χ0n) is 17.0. The third-order valence-corrected chi connectivity index (χ3v) is 5.18. The van der Waals surface area contributed by atoms with E-state index in [1.807, 2.05) is 0 Å². The number of halogens is 3. The van der Waals surface area contributed by atoms with Crippen LogP contribution >= 0.6 is 12.4 Å². The molecule has 6 nitrogen and oxygen atoms in total. The molecule has 0 radical (unpaired) electrons. The molecule has 0 saturated carbocycles. The van der Waals surface area contributed by atoms with Crippen LogP contribution < -0.4 is 16.0 Å². The standard InChI is InChI=1S/C20H29F2N3O3.ClH/c1-13(2)17(25-18(26)16-14(21)5-4-6-15(16)22)19(27)24-11-20(12-28-3)7-9-23-10-8-20;/h4-6,13,17,23H,7-12H2,1-3H3,(H,24,27)(H,25,26);1H/t17-;/m0./s1. The van der Waals surface area contributed by atoms with E-state index in [2.05, 4.69) is 16.0 Å². The van der Waals surface area contributed by atoms with Gasteiger partial charge in [0.05, 0.1) is 6.61 Å². The molecule has 1 aromatic carbocycles. The normalized spacial score (nSPS) is 16.6. The highest BCUT2D eigenvalue weighted by Crippen LogP contribution is 2.28. The van der Waals surface area contributed by atoms with Gasteiger partial charge in [-0.1, -0.05) is 19.9 Å². The van der Waals surface area contributed by atoms with Crippen molar-refractivity contribution in [3.8, 4) is 0 Å². The lowest BCUT2D eigenvalue weighted by Gasteiger charge is -2.37. The van der Waals surface area contributed by atoms with Crippen LogP contribution in [-0.4, -0.2) is 51.2 Å². The summed E-state index contributed by atoms with van der Waals surface area (Å²) >= 11 is 0. The zero-order chi connectivity index (χ0) is 20.7. The van der Waals surface area contributed by atoms with E-state index in [0.29, 0.717) is 13.2 Å². The van der Waals surface area contributed by atoms with Crippen molar-refractivity contribution in [1.82, 2.24) is 16.0 Å². The Labute approximate surface area is 176 Å². The summed E-state index contributed by atoms with van der Waals surface area (Å²) in [6.07, 6.45) is 1.72. The number of hydrogen-bond donors (Lipinski definition) is 3. The topological polar surface area (TPSA) is 79.5 Å². The van der Waals surface area contributed by atoms with Gasteiger partial charge >= 0.3 is 0 Å². The second-order valence-corrected chi connectivity index (χ2v) is 7.69. The molecule has 0 aliphatic carbocycles. The van der Waals surface area contributed by atoms with Crippen molar-refractivity contribution < 1.29 is 23.1 Å². The van der Waals surface area contributed by atoms with Crippen LogP contribution in [0.2, 0.25) is 0 Å². The number of ether oxygens (including phenoxy) is 1. The van der Waals surface area contributed by atoms with Crippen LogP contribution in [0.3, 0.4) is 0 Å². The Hall–Kier alpha value is -1.77. The molecule has 1 atom stereocenters. The van der Waals surface area contributed by atoms with Crippen LogP contribution in [0.4, 0.5) is 8.78 Å². The van der Waals surface area contributed by atoms with Crippen molar-refractivity contribution in [2.45, 2.75) is 32.7 Å². The Balaban J connectivity index is 0.00000420. The first kappa shape index (κ1) is 25.3. The molecule has 3 N–H and O–H groups in total. The predicted molar refractivity (Wildman–Crippen MR) is 109 cm³/mol. The van der Waals surface area contributed by atoms with Crippen LogP contribution in [0, 0.1) is 23.0 Å². The first-order valence-corrected chi connectivity index (χ1v) is 9.52. The highest BCUT2D eigenvalue weighted by atomic mass is 35.5. The van der Waals surface area contributed by atoms with E-state index < -0.39 is 29.1 Å². The van der Waals surface area contributed by atoms with Crippen LogP contribution in [0.15, 0.2) is 18.2 Å². The van der Waals surface area contributed by atoms with Gasteiger partial charge in [-0.3, -0.25) is 9.59 Å². The molecule has 0 unspecified atom stereocenters. The molecule has 1 aliphatic heterocycles. The van der Waals surface area contributed by atoms with E-state index in [1.165, 1.54) is 6.07 Å². The minimum atomic E-state index is -0.964. The summed E-state index contributed by atoms with van der Waals surface area (Å²) in [5, 5.41) is 8.65. The van der Waals surface area contributed by atoms with Crippen molar-refractivity contribution in [3.05, 3.63) is 35.4 Å². The fourth-order valence-corrected chi connectivity index (χ4v) is 3.48. The molecule has 29 heavy (non-hydrogen) atoms. The van der Waals surface area contributed by atoms with Gasteiger partial charge in [0, 0.05) is 19.1 Å². The summed E-state index contributed by atoms with van der Waals surface area (Å²) in [5.41, 5.74) is -0.853. The number of methoxy groups -OCH3 is 1. The number of carbonyl (C=O) groups is 2. The van der Waals surface area contributed by atoms with Crippen LogP contribution in [0.25, 0.3) is 0 Å². The van der Waals surface area contributed by atoms with Gasteiger partial charge in [0.25, 0.3) is 5.91 Å². The molecule has 1 aliphatic rings. The fourth-order valence-electron chi connectivity index (χ4n) is 3.48. The first-order valence-electron chi connectivity index (χ1n) is 9.52. The van der Waals surface area contributed by atoms with Gasteiger partial charge in [0.1, 0.15) is 23.2 Å². The molecule has 1 fully saturated rings. The smallest absolute Gasteiger partial charge is 0.257 e. The van der Waals surface area contributed by atoms with E-state index in [1.54, 1.807) is 21.0 Å². The summed E-state index contributed by atoms with van der Waals surface area (Å²) < 4.78 is 33.1. The number of amides is 2. The molecule has 2 amide bonds. The number of nitrogens with one attached hydrogen (secondary N) is 3. The molecule has 1 aromatic rings. The molecular formula is C20H30ClF2N3O3. The number of rotatable bonds is 8. The van der Waals surface area contributed by atoms with Gasteiger partial charge in [0.15, 0.2) is 0 Å². The maximum absolute atomic E-state index is 13.9. The lowest BCUT2D eigenvalue weighted by molar-refractivity contribution is -0.124.